The molecule has 0 radical (unpaired) electrons. The summed E-state index contributed by atoms with van der Waals surface area (Å²) in [5.74, 6) is -0.371. The minimum absolute atomic E-state index is 0.371. The summed E-state index contributed by atoms with van der Waals surface area (Å²) < 4.78 is 4.68. The van der Waals surface area contributed by atoms with Crippen molar-refractivity contribution in [3.05, 3.63) is 54.1 Å². The molecule has 2 aromatic rings. The third kappa shape index (κ3) is 2.94. The van der Waals surface area contributed by atoms with Crippen molar-refractivity contribution in [1.82, 2.24) is 0 Å². The molecule has 19 heavy (non-hydrogen) atoms. The molecule has 0 aliphatic heterocycles. The molecule has 0 N–H and O–H groups in total. The lowest BCUT2D eigenvalue weighted by atomic mass is 10.0. The fraction of sp³-hybridized carbons (Fsp3) is 0.0667. The largest absolute Gasteiger partial charge is 0.465 e. The maximum absolute atomic E-state index is 11.5. The number of hydrogen-bond donors (Lipinski definition) is 0. The SMILES string of the molecule is COC(=O)c1cccc(-c2ccc(N=C=O)cc2)c1. The lowest BCUT2D eigenvalue weighted by Crippen LogP contribution is -2.00. The monoisotopic (exact) mass is 253 g/mol. The summed E-state index contributed by atoms with van der Waals surface area (Å²) in [4.78, 5) is 25.1. The molecule has 0 unspecified atom stereocenters. The van der Waals surface area contributed by atoms with Crippen molar-refractivity contribution in [2.24, 2.45) is 4.99 Å². The first-order chi connectivity index (χ1) is 9.24. The predicted molar refractivity (Wildman–Crippen MR) is 71.0 cm³/mol. The predicted octanol–water partition coefficient (Wildman–Crippen LogP) is 3.11. The molecule has 0 heterocycles. The number of ether oxygens (including phenoxy) is 1. The van der Waals surface area contributed by atoms with E-state index >= 15 is 0 Å². The Hall–Kier alpha value is -2.71. The molecule has 0 amide bonds. The maximum Gasteiger partial charge on any atom is 0.337 e. The molecule has 94 valence electrons. The van der Waals surface area contributed by atoms with Gasteiger partial charge in [0.25, 0.3) is 0 Å². The van der Waals surface area contributed by atoms with Crippen molar-refractivity contribution in [3.8, 4) is 11.1 Å². The highest BCUT2D eigenvalue weighted by molar-refractivity contribution is 5.91. The van der Waals surface area contributed by atoms with Gasteiger partial charge in [-0.1, -0.05) is 24.3 Å². The van der Waals surface area contributed by atoms with Crippen molar-refractivity contribution in [2.45, 2.75) is 0 Å². The first-order valence-electron chi connectivity index (χ1n) is 5.61. The van der Waals surface area contributed by atoms with E-state index < -0.39 is 0 Å². The molecule has 4 heteroatoms. The second-order valence-electron chi connectivity index (χ2n) is 3.82. The Labute approximate surface area is 110 Å². The van der Waals surface area contributed by atoms with Crippen LogP contribution in [-0.4, -0.2) is 19.2 Å². The molecule has 0 saturated heterocycles. The Morgan fingerprint density at radius 1 is 1.11 bits per heavy atom. The average Bonchev–Trinajstić information content (AvgIpc) is 2.48. The van der Waals surface area contributed by atoms with E-state index in [0.717, 1.165) is 11.1 Å². The molecular formula is C15H11NO3. The Bertz CT molecular complexity index is 641. The summed E-state index contributed by atoms with van der Waals surface area (Å²) in [6, 6.07) is 14.2. The Kier molecular flexibility index (Phi) is 3.86. The quantitative estimate of drug-likeness (QED) is 0.479. The van der Waals surface area contributed by atoms with Gasteiger partial charge in [-0.15, -0.1) is 0 Å². The van der Waals surface area contributed by atoms with Gasteiger partial charge in [-0.2, -0.15) is 4.99 Å². The normalized spacial score (nSPS) is 9.53. The molecule has 0 fully saturated rings. The van der Waals surface area contributed by atoms with Crippen LogP contribution in [-0.2, 0) is 9.53 Å². The van der Waals surface area contributed by atoms with E-state index in [4.69, 9.17) is 0 Å². The summed E-state index contributed by atoms with van der Waals surface area (Å²) >= 11 is 0. The molecule has 0 saturated carbocycles. The number of carbonyl (C=O) groups is 1. The lowest BCUT2D eigenvalue weighted by molar-refractivity contribution is 0.0601. The second kappa shape index (κ2) is 5.76. The summed E-state index contributed by atoms with van der Waals surface area (Å²) in [6.45, 7) is 0. The van der Waals surface area contributed by atoms with Crippen LogP contribution in [0.2, 0.25) is 0 Å². The standard InChI is InChI=1S/C15H11NO3/c1-19-15(18)13-4-2-3-12(9-13)11-5-7-14(8-6-11)16-10-17/h2-9H,1H3. The number of benzene rings is 2. The van der Waals surface area contributed by atoms with Gasteiger partial charge in [0, 0.05) is 0 Å². The highest BCUT2D eigenvalue weighted by Crippen LogP contribution is 2.23. The zero-order valence-corrected chi connectivity index (χ0v) is 10.3. The van der Waals surface area contributed by atoms with Gasteiger partial charge < -0.3 is 4.74 Å². The van der Waals surface area contributed by atoms with Gasteiger partial charge in [0.1, 0.15) is 0 Å². The fourth-order valence-corrected chi connectivity index (χ4v) is 1.72. The van der Waals surface area contributed by atoms with Gasteiger partial charge in [-0.25, -0.2) is 9.59 Å². The van der Waals surface area contributed by atoms with Crippen LogP contribution in [0.25, 0.3) is 11.1 Å². The van der Waals surface area contributed by atoms with Gasteiger partial charge >= 0.3 is 5.97 Å². The van der Waals surface area contributed by atoms with Crippen molar-refractivity contribution in [1.29, 1.82) is 0 Å². The molecular weight excluding hydrogens is 242 g/mol. The van der Waals surface area contributed by atoms with Gasteiger partial charge in [0.15, 0.2) is 0 Å². The highest BCUT2D eigenvalue weighted by atomic mass is 16.5. The van der Waals surface area contributed by atoms with Crippen molar-refractivity contribution >= 4 is 17.7 Å². The van der Waals surface area contributed by atoms with Crippen LogP contribution >= 0.6 is 0 Å². The third-order valence-electron chi connectivity index (χ3n) is 2.66. The third-order valence-corrected chi connectivity index (χ3v) is 2.66. The minimum Gasteiger partial charge on any atom is -0.465 e. The van der Waals surface area contributed by atoms with E-state index in [0.29, 0.717) is 11.3 Å². The van der Waals surface area contributed by atoms with Crippen molar-refractivity contribution < 1.29 is 14.3 Å². The molecule has 0 aliphatic rings. The number of rotatable bonds is 3. The molecule has 2 rings (SSSR count). The average molecular weight is 253 g/mol. The number of hydrogen-bond acceptors (Lipinski definition) is 4. The number of carbonyl (C=O) groups excluding carboxylic acids is 2. The van der Waals surface area contributed by atoms with Gasteiger partial charge in [-0.3, -0.25) is 0 Å². The fourth-order valence-electron chi connectivity index (χ4n) is 1.72. The smallest absolute Gasteiger partial charge is 0.337 e. The molecule has 0 bridgehead atoms. The molecule has 4 nitrogen and oxygen atoms in total. The number of nitrogens with zero attached hydrogens (tertiary/aromatic N) is 1. The first-order valence-corrected chi connectivity index (χ1v) is 5.61. The molecule has 0 spiro atoms. The number of isocyanates is 1. The van der Waals surface area contributed by atoms with Crippen LogP contribution in [0.4, 0.5) is 5.69 Å². The van der Waals surface area contributed by atoms with E-state index in [9.17, 15) is 9.59 Å². The van der Waals surface area contributed by atoms with E-state index in [2.05, 4.69) is 9.73 Å². The van der Waals surface area contributed by atoms with Crippen LogP contribution < -0.4 is 0 Å². The van der Waals surface area contributed by atoms with Crippen molar-refractivity contribution in [3.63, 3.8) is 0 Å². The van der Waals surface area contributed by atoms with Crippen LogP contribution in [0.3, 0.4) is 0 Å². The molecule has 0 atom stereocenters. The zero-order valence-electron chi connectivity index (χ0n) is 10.3. The van der Waals surface area contributed by atoms with Crippen LogP contribution in [0.1, 0.15) is 10.4 Å². The van der Waals surface area contributed by atoms with E-state index in [1.807, 2.05) is 18.2 Å². The summed E-state index contributed by atoms with van der Waals surface area (Å²) in [5.41, 5.74) is 2.86. The van der Waals surface area contributed by atoms with E-state index in [-0.39, 0.29) is 5.97 Å². The van der Waals surface area contributed by atoms with Crippen LogP contribution in [0, 0.1) is 0 Å². The minimum atomic E-state index is -0.371. The highest BCUT2D eigenvalue weighted by Gasteiger charge is 2.06. The van der Waals surface area contributed by atoms with Gasteiger partial charge in [0.05, 0.1) is 18.4 Å². The van der Waals surface area contributed by atoms with E-state index in [1.54, 1.807) is 30.3 Å². The van der Waals surface area contributed by atoms with Crippen LogP contribution in [0.15, 0.2) is 53.5 Å². The Morgan fingerprint density at radius 2 is 1.84 bits per heavy atom. The Balaban J connectivity index is 2.36. The molecule has 0 aromatic heterocycles. The van der Waals surface area contributed by atoms with E-state index in [1.165, 1.54) is 13.2 Å². The maximum atomic E-state index is 11.5. The summed E-state index contributed by atoms with van der Waals surface area (Å²) in [6.07, 6.45) is 1.49. The lowest BCUT2D eigenvalue weighted by Gasteiger charge is -2.04. The number of esters is 1. The summed E-state index contributed by atoms with van der Waals surface area (Å²) in [7, 11) is 1.35. The molecule has 2 aromatic carbocycles. The zero-order chi connectivity index (χ0) is 13.7. The topological polar surface area (TPSA) is 55.7 Å². The number of aliphatic imine (C=N–C) groups is 1. The van der Waals surface area contributed by atoms with Crippen molar-refractivity contribution in [2.75, 3.05) is 7.11 Å². The van der Waals surface area contributed by atoms with Gasteiger partial charge in [0.2, 0.25) is 6.08 Å². The number of methoxy groups -OCH3 is 1. The van der Waals surface area contributed by atoms with Crippen LogP contribution in [0.5, 0.6) is 0 Å². The molecule has 0 aliphatic carbocycles. The second-order valence-corrected chi connectivity index (χ2v) is 3.82. The summed E-state index contributed by atoms with van der Waals surface area (Å²) in [5, 5.41) is 0. The first kappa shape index (κ1) is 12.7. The Morgan fingerprint density at radius 3 is 2.47 bits per heavy atom. The van der Waals surface area contributed by atoms with Gasteiger partial charge in [-0.05, 0) is 35.4 Å².